The van der Waals surface area contributed by atoms with E-state index in [0.717, 1.165) is 21.9 Å². The van der Waals surface area contributed by atoms with Crippen LogP contribution in [0.25, 0.3) is 43.8 Å². The molecule has 0 saturated carbocycles. The number of aryl methyl sites for hydroxylation is 3. The van der Waals surface area contributed by atoms with Crippen molar-refractivity contribution in [2.45, 2.75) is 20.8 Å². The first-order valence-electron chi connectivity index (χ1n) is 8.91. The van der Waals surface area contributed by atoms with E-state index in [1.54, 1.807) is 0 Å². The summed E-state index contributed by atoms with van der Waals surface area (Å²) >= 11 is 0. The molecule has 0 aliphatic rings. The SMILES string of the molecule is Cc1nc2c3ccccc3c3cc(-c4c(C)cccc4C)ccc3c2o1. The molecule has 0 aliphatic heterocycles. The average molecular weight is 337 g/mol. The maximum atomic E-state index is 5.97. The molecule has 0 atom stereocenters. The number of nitrogens with zero attached hydrogens (tertiary/aromatic N) is 1. The maximum Gasteiger partial charge on any atom is 0.192 e. The fraction of sp³-hybridized carbons (Fsp3) is 0.125. The Bertz CT molecular complexity index is 1290. The smallest absolute Gasteiger partial charge is 0.192 e. The predicted molar refractivity (Wildman–Crippen MR) is 109 cm³/mol. The van der Waals surface area contributed by atoms with E-state index < -0.39 is 0 Å². The molecule has 0 bridgehead atoms. The van der Waals surface area contributed by atoms with Gasteiger partial charge < -0.3 is 4.42 Å². The summed E-state index contributed by atoms with van der Waals surface area (Å²) in [5.41, 5.74) is 6.98. The van der Waals surface area contributed by atoms with E-state index in [2.05, 4.69) is 79.5 Å². The summed E-state index contributed by atoms with van der Waals surface area (Å²) in [4.78, 5) is 4.63. The second-order valence-electron chi connectivity index (χ2n) is 6.98. The van der Waals surface area contributed by atoms with Gasteiger partial charge in [0, 0.05) is 17.7 Å². The molecule has 0 aliphatic carbocycles. The van der Waals surface area contributed by atoms with Crippen molar-refractivity contribution in [2.75, 3.05) is 0 Å². The normalized spacial score (nSPS) is 11.7. The van der Waals surface area contributed by atoms with Crippen LogP contribution in [0.1, 0.15) is 17.0 Å². The van der Waals surface area contributed by atoms with Crippen LogP contribution >= 0.6 is 0 Å². The molecule has 0 N–H and O–H groups in total. The molecule has 1 aromatic heterocycles. The third-order valence-corrected chi connectivity index (χ3v) is 5.24. The summed E-state index contributed by atoms with van der Waals surface area (Å²) in [6, 6.07) is 21.6. The molecule has 2 nitrogen and oxygen atoms in total. The topological polar surface area (TPSA) is 26.0 Å². The number of fused-ring (bicyclic) bond motifs is 6. The lowest BCUT2D eigenvalue weighted by Crippen LogP contribution is -1.89. The third-order valence-electron chi connectivity index (χ3n) is 5.24. The van der Waals surface area contributed by atoms with E-state index >= 15 is 0 Å². The molecule has 0 amide bonds. The van der Waals surface area contributed by atoms with Gasteiger partial charge in [-0.15, -0.1) is 0 Å². The van der Waals surface area contributed by atoms with Crippen molar-refractivity contribution in [2.24, 2.45) is 0 Å². The second kappa shape index (κ2) is 5.43. The minimum Gasteiger partial charge on any atom is -0.440 e. The highest BCUT2D eigenvalue weighted by Crippen LogP contribution is 2.38. The van der Waals surface area contributed by atoms with Crippen molar-refractivity contribution in [3.8, 4) is 11.1 Å². The van der Waals surface area contributed by atoms with E-state index in [-0.39, 0.29) is 0 Å². The van der Waals surface area contributed by atoms with Crippen molar-refractivity contribution in [3.05, 3.63) is 77.7 Å². The van der Waals surface area contributed by atoms with Crippen LogP contribution in [-0.2, 0) is 0 Å². The molecule has 126 valence electrons. The fourth-order valence-electron chi connectivity index (χ4n) is 4.11. The molecule has 26 heavy (non-hydrogen) atoms. The van der Waals surface area contributed by atoms with Crippen LogP contribution in [0.5, 0.6) is 0 Å². The number of aromatic nitrogens is 1. The monoisotopic (exact) mass is 337 g/mol. The number of oxazole rings is 1. The molecule has 5 rings (SSSR count). The Hall–Kier alpha value is -3.13. The van der Waals surface area contributed by atoms with Crippen molar-refractivity contribution in [1.29, 1.82) is 0 Å². The second-order valence-corrected chi connectivity index (χ2v) is 6.98. The molecule has 4 aromatic carbocycles. The number of hydrogen-bond acceptors (Lipinski definition) is 2. The van der Waals surface area contributed by atoms with Crippen molar-refractivity contribution in [1.82, 2.24) is 4.98 Å². The number of hydrogen-bond donors (Lipinski definition) is 0. The molecule has 0 saturated heterocycles. The zero-order chi connectivity index (χ0) is 17.8. The largest absolute Gasteiger partial charge is 0.440 e. The Morgan fingerprint density at radius 1 is 0.692 bits per heavy atom. The molecule has 0 spiro atoms. The summed E-state index contributed by atoms with van der Waals surface area (Å²) in [6.45, 7) is 6.26. The standard InChI is InChI=1S/C24H19NO/c1-14-7-6-8-15(2)22(14)17-11-12-20-21(13-17)18-9-4-5-10-19(18)23-24(20)26-16(3)25-23/h4-13H,1-3H3. The predicted octanol–water partition coefficient (Wildman–Crippen LogP) is 6.73. The quantitative estimate of drug-likeness (QED) is 0.317. The highest BCUT2D eigenvalue weighted by molar-refractivity contribution is 6.23. The summed E-state index contributed by atoms with van der Waals surface area (Å²) in [5, 5.41) is 4.69. The van der Waals surface area contributed by atoms with Gasteiger partial charge in [0.2, 0.25) is 0 Å². The summed E-state index contributed by atoms with van der Waals surface area (Å²) in [7, 11) is 0. The number of benzene rings is 4. The third kappa shape index (κ3) is 2.08. The molecule has 0 radical (unpaired) electrons. The van der Waals surface area contributed by atoms with Crippen LogP contribution in [0.4, 0.5) is 0 Å². The van der Waals surface area contributed by atoms with Crippen LogP contribution in [0, 0.1) is 20.8 Å². The van der Waals surface area contributed by atoms with Gasteiger partial charge in [-0.3, -0.25) is 0 Å². The van der Waals surface area contributed by atoms with Gasteiger partial charge >= 0.3 is 0 Å². The molecule has 1 heterocycles. The fourth-order valence-corrected chi connectivity index (χ4v) is 4.11. The molecule has 0 fully saturated rings. The van der Waals surface area contributed by atoms with E-state index in [1.807, 2.05) is 6.92 Å². The van der Waals surface area contributed by atoms with Gasteiger partial charge in [-0.1, -0.05) is 48.5 Å². The van der Waals surface area contributed by atoms with Crippen LogP contribution in [-0.4, -0.2) is 4.98 Å². The van der Waals surface area contributed by atoms with Gasteiger partial charge in [0.15, 0.2) is 11.5 Å². The Morgan fingerprint density at radius 3 is 2.19 bits per heavy atom. The molecule has 0 unspecified atom stereocenters. The van der Waals surface area contributed by atoms with Crippen molar-refractivity contribution < 1.29 is 4.42 Å². The van der Waals surface area contributed by atoms with Gasteiger partial charge in [-0.05, 0) is 59.0 Å². The van der Waals surface area contributed by atoms with Crippen LogP contribution < -0.4 is 0 Å². The lowest BCUT2D eigenvalue weighted by molar-refractivity contribution is 0.563. The Kier molecular flexibility index (Phi) is 3.17. The van der Waals surface area contributed by atoms with E-state index in [0.29, 0.717) is 5.89 Å². The van der Waals surface area contributed by atoms with Crippen molar-refractivity contribution >= 4 is 32.6 Å². The van der Waals surface area contributed by atoms with Crippen LogP contribution in [0.15, 0.2) is 65.1 Å². The first kappa shape index (κ1) is 15.2. The minimum atomic E-state index is 0.705. The van der Waals surface area contributed by atoms with Crippen LogP contribution in [0.2, 0.25) is 0 Å². The van der Waals surface area contributed by atoms with Gasteiger partial charge in [0.05, 0.1) is 0 Å². The molecular formula is C24H19NO. The zero-order valence-corrected chi connectivity index (χ0v) is 15.1. The van der Waals surface area contributed by atoms with E-state index in [1.165, 1.54) is 33.0 Å². The van der Waals surface area contributed by atoms with E-state index in [4.69, 9.17) is 4.42 Å². The van der Waals surface area contributed by atoms with Gasteiger partial charge in [-0.25, -0.2) is 4.98 Å². The van der Waals surface area contributed by atoms with Gasteiger partial charge in [0.25, 0.3) is 0 Å². The van der Waals surface area contributed by atoms with E-state index in [9.17, 15) is 0 Å². The first-order chi connectivity index (χ1) is 12.6. The Morgan fingerprint density at radius 2 is 1.42 bits per heavy atom. The number of rotatable bonds is 1. The summed E-state index contributed by atoms with van der Waals surface area (Å²) in [6.07, 6.45) is 0. The minimum absolute atomic E-state index is 0.705. The summed E-state index contributed by atoms with van der Waals surface area (Å²) in [5.74, 6) is 0.705. The Balaban J connectivity index is 1.95. The highest BCUT2D eigenvalue weighted by atomic mass is 16.3. The van der Waals surface area contributed by atoms with Gasteiger partial charge in [-0.2, -0.15) is 0 Å². The van der Waals surface area contributed by atoms with Gasteiger partial charge in [0.1, 0.15) is 5.52 Å². The lowest BCUT2D eigenvalue weighted by atomic mass is 9.92. The highest BCUT2D eigenvalue weighted by Gasteiger charge is 2.15. The van der Waals surface area contributed by atoms with Crippen molar-refractivity contribution in [3.63, 3.8) is 0 Å². The maximum absolute atomic E-state index is 5.97. The van der Waals surface area contributed by atoms with Crippen LogP contribution in [0.3, 0.4) is 0 Å². The first-order valence-corrected chi connectivity index (χ1v) is 8.91. The average Bonchev–Trinajstić information content (AvgIpc) is 3.03. The Labute approximate surface area is 152 Å². The summed E-state index contributed by atoms with van der Waals surface area (Å²) < 4.78 is 5.97. The molecule has 5 aromatic rings. The lowest BCUT2D eigenvalue weighted by Gasteiger charge is -2.12. The molecular weight excluding hydrogens is 318 g/mol. The zero-order valence-electron chi connectivity index (χ0n) is 15.1. The molecule has 2 heteroatoms.